The van der Waals surface area contributed by atoms with Crippen LogP contribution in [0.4, 0.5) is 0 Å². The molecule has 10 heteroatoms. The summed E-state index contributed by atoms with van der Waals surface area (Å²) >= 11 is 19.5. The zero-order chi connectivity index (χ0) is 24.0. The van der Waals surface area contributed by atoms with E-state index in [-0.39, 0.29) is 5.75 Å². The van der Waals surface area contributed by atoms with Crippen molar-refractivity contribution in [3.8, 4) is 28.0 Å². The van der Waals surface area contributed by atoms with Gasteiger partial charge in [-0.25, -0.2) is 4.57 Å². The number of hydrogen-bond acceptors (Lipinski definition) is 4. The molecule has 2 aromatic heterocycles. The van der Waals surface area contributed by atoms with E-state index in [1.807, 2.05) is 6.07 Å². The van der Waals surface area contributed by atoms with E-state index in [4.69, 9.17) is 39.3 Å². The van der Waals surface area contributed by atoms with Crippen molar-refractivity contribution in [2.45, 2.75) is 0 Å². The van der Waals surface area contributed by atoms with Crippen LogP contribution in [0.3, 0.4) is 0 Å². The Balaban J connectivity index is 1.95. The number of halogens is 3. The molecule has 0 atom stereocenters. The van der Waals surface area contributed by atoms with Gasteiger partial charge in [-0.1, -0.05) is 46.9 Å². The highest BCUT2D eigenvalue weighted by molar-refractivity contribution is 7.46. The van der Waals surface area contributed by atoms with E-state index in [0.29, 0.717) is 59.1 Å². The quantitative estimate of drug-likeness (QED) is 0.233. The van der Waals surface area contributed by atoms with Gasteiger partial charge in [0.15, 0.2) is 0 Å². The number of benzene rings is 3. The summed E-state index contributed by atoms with van der Waals surface area (Å²) in [5.74, 6) is -0.0685. The van der Waals surface area contributed by atoms with Gasteiger partial charge >= 0.3 is 7.82 Å². The summed E-state index contributed by atoms with van der Waals surface area (Å²) in [6, 6.07) is 17.0. The van der Waals surface area contributed by atoms with Crippen molar-refractivity contribution < 1.29 is 18.9 Å². The van der Waals surface area contributed by atoms with Crippen LogP contribution in [-0.2, 0) is 4.57 Å². The smallest absolute Gasteiger partial charge is 0.404 e. The first kappa shape index (κ1) is 23.1. The Morgan fingerprint density at radius 3 is 1.71 bits per heavy atom. The molecular weight excluding hydrogens is 518 g/mol. The lowest BCUT2D eigenvalue weighted by Crippen LogP contribution is -1.98. The molecule has 0 saturated heterocycles. The van der Waals surface area contributed by atoms with Crippen molar-refractivity contribution in [2.75, 3.05) is 0 Å². The molecule has 0 aliphatic carbocycles. The molecule has 0 saturated carbocycles. The molecular formula is C24H14Cl3N2O4P. The minimum Gasteiger partial charge on any atom is -0.404 e. The first-order valence-corrected chi connectivity index (χ1v) is 12.6. The molecule has 0 bridgehead atoms. The number of hydrogen-bond donors (Lipinski definition) is 2. The normalized spacial score (nSPS) is 11.8. The van der Waals surface area contributed by atoms with Crippen molar-refractivity contribution in [1.82, 2.24) is 9.97 Å². The number of fused-ring (bicyclic) bond motifs is 2. The van der Waals surface area contributed by atoms with Gasteiger partial charge in [0, 0.05) is 50.4 Å². The Morgan fingerprint density at radius 1 is 0.676 bits per heavy atom. The van der Waals surface area contributed by atoms with Crippen LogP contribution in [0.2, 0.25) is 15.1 Å². The zero-order valence-corrected chi connectivity index (χ0v) is 20.3. The van der Waals surface area contributed by atoms with E-state index >= 15 is 0 Å². The molecule has 5 aromatic rings. The maximum atomic E-state index is 11.9. The number of phosphoric ester groups is 1. The number of phosphoric acid groups is 1. The molecule has 34 heavy (non-hydrogen) atoms. The van der Waals surface area contributed by atoms with Crippen LogP contribution in [0.1, 0.15) is 0 Å². The molecule has 2 N–H and O–H groups in total. The van der Waals surface area contributed by atoms with E-state index in [1.54, 1.807) is 54.9 Å². The second-order valence-corrected chi connectivity index (χ2v) is 9.75. The molecule has 3 aromatic carbocycles. The average molecular weight is 532 g/mol. The van der Waals surface area contributed by atoms with Gasteiger partial charge < -0.3 is 4.52 Å². The Hall–Kier alpha value is -2.70. The predicted octanol–water partition coefficient (Wildman–Crippen LogP) is 7.55. The molecule has 0 radical (unpaired) electrons. The SMILES string of the molecule is O=P(O)(O)Oc1ccc(Cl)c(-c2ccc(Cl)c3cccnc23)c1-c1ccc(Cl)c2cccnc12. The van der Waals surface area contributed by atoms with E-state index in [9.17, 15) is 14.4 Å². The molecule has 0 amide bonds. The van der Waals surface area contributed by atoms with Crippen LogP contribution < -0.4 is 4.52 Å². The lowest BCUT2D eigenvalue weighted by atomic mass is 9.91. The maximum Gasteiger partial charge on any atom is 0.524 e. The van der Waals surface area contributed by atoms with Crippen molar-refractivity contribution in [2.24, 2.45) is 0 Å². The van der Waals surface area contributed by atoms with Crippen molar-refractivity contribution >= 4 is 64.4 Å². The molecule has 0 unspecified atom stereocenters. The van der Waals surface area contributed by atoms with Gasteiger partial charge in [-0.3, -0.25) is 19.8 Å². The Morgan fingerprint density at radius 2 is 1.18 bits per heavy atom. The minimum atomic E-state index is -4.91. The standard InChI is InChI=1S/C24H14Cl3N2O4P/c25-17-7-5-15(23-13(17)3-1-11-28-23)21-19(27)9-10-20(33-34(30,31)32)22(21)16-6-8-18(26)14-4-2-12-29-24(14)16/h1-12H,(H2,30,31,32). The molecule has 0 spiro atoms. The molecule has 5 rings (SSSR count). The number of pyridine rings is 2. The largest absolute Gasteiger partial charge is 0.524 e. The third-order valence-electron chi connectivity index (χ3n) is 5.31. The Bertz CT molecular complexity index is 1640. The van der Waals surface area contributed by atoms with Crippen LogP contribution >= 0.6 is 42.6 Å². The highest BCUT2D eigenvalue weighted by Gasteiger charge is 2.26. The molecule has 0 aliphatic heterocycles. The summed E-state index contributed by atoms with van der Waals surface area (Å²) in [6.07, 6.45) is 3.24. The fourth-order valence-corrected chi connectivity index (χ4v) is 5.07. The highest BCUT2D eigenvalue weighted by Crippen LogP contribution is 2.51. The monoisotopic (exact) mass is 530 g/mol. The fraction of sp³-hybridized carbons (Fsp3) is 0. The number of nitrogens with zero attached hydrogens (tertiary/aromatic N) is 2. The number of aromatic nitrogens is 2. The third kappa shape index (κ3) is 4.14. The van der Waals surface area contributed by atoms with E-state index in [0.717, 1.165) is 0 Å². The van der Waals surface area contributed by atoms with Crippen LogP contribution in [0.15, 0.2) is 73.1 Å². The van der Waals surface area contributed by atoms with Crippen LogP contribution in [-0.4, -0.2) is 19.8 Å². The van der Waals surface area contributed by atoms with Crippen LogP contribution in [0, 0.1) is 0 Å². The van der Waals surface area contributed by atoms with Gasteiger partial charge in [-0.15, -0.1) is 0 Å². The summed E-state index contributed by atoms with van der Waals surface area (Å²) in [4.78, 5) is 28.2. The molecule has 6 nitrogen and oxygen atoms in total. The average Bonchev–Trinajstić information content (AvgIpc) is 2.81. The van der Waals surface area contributed by atoms with Gasteiger partial charge in [0.1, 0.15) is 5.75 Å². The molecule has 0 aliphatic rings. The second kappa shape index (κ2) is 8.82. The first-order valence-electron chi connectivity index (χ1n) is 9.89. The van der Waals surface area contributed by atoms with Crippen molar-refractivity contribution in [3.05, 3.63) is 88.1 Å². The van der Waals surface area contributed by atoms with Crippen LogP contribution in [0.5, 0.6) is 5.75 Å². The third-order valence-corrected chi connectivity index (χ3v) is 6.71. The Labute approximate surface area is 209 Å². The zero-order valence-electron chi connectivity index (χ0n) is 17.1. The fourth-order valence-electron chi connectivity index (χ4n) is 3.97. The van der Waals surface area contributed by atoms with Crippen LogP contribution in [0.25, 0.3) is 44.1 Å². The van der Waals surface area contributed by atoms with Gasteiger partial charge in [-0.05, 0) is 48.5 Å². The van der Waals surface area contributed by atoms with Gasteiger partial charge in [0.25, 0.3) is 0 Å². The summed E-state index contributed by atoms with van der Waals surface area (Å²) < 4.78 is 17.0. The van der Waals surface area contributed by atoms with Gasteiger partial charge in [-0.2, -0.15) is 0 Å². The van der Waals surface area contributed by atoms with Crippen molar-refractivity contribution in [1.29, 1.82) is 0 Å². The lowest BCUT2D eigenvalue weighted by Gasteiger charge is -2.20. The van der Waals surface area contributed by atoms with E-state index in [1.165, 1.54) is 12.1 Å². The lowest BCUT2D eigenvalue weighted by molar-refractivity contribution is 0.283. The van der Waals surface area contributed by atoms with E-state index < -0.39 is 7.82 Å². The summed E-state index contributed by atoms with van der Waals surface area (Å²) in [6.45, 7) is 0. The van der Waals surface area contributed by atoms with E-state index in [2.05, 4.69) is 9.97 Å². The maximum absolute atomic E-state index is 11.9. The highest BCUT2D eigenvalue weighted by atomic mass is 35.5. The number of rotatable bonds is 4. The summed E-state index contributed by atoms with van der Waals surface area (Å²) in [7, 11) is -4.91. The van der Waals surface area contributed by atoms with Gasteiger partial charge in [0.05, 0.1) is 21.1 Å². The molecule has 2 heterocycles. The molecule has 0 fully saturated rings. The molecule has 170 valence electrons. The summed E-state index contributed by atoms with van der Waals surface area (Å²) in [5.41, 5.74) is 3.01. The second-order valence-electron chi connectivity index (χ2n) is 7.37. The predicted molar refractivity (Wildman–Crippen MR) is 136 cm³/mol. The van der Waals surface area contributed by atoms with Crippen molar-refractivity contribution in [3.63, 3.8) is 0 Å². The summed E-state index contributed by atoms with van der Waals surface area (Å²) in [5, 5.41) is 2.66. The first-order chi connectivity index (χ1) is 16.2. The van der Waals surface area contributed by atoms with Gasteiger partial charge in [0.2, 0.25) is 0 Å². The minimum absolute atomic E-state index is 0.0685. The topological polar surface area (TPSA) is 92.5 Å². The Kier molecular flexibility index (Phi) is 5.98.